The van der Waals surface area contributed by atoms with Gasteiger partial charge in [0.05, 0.1) is 26.4 Å². The fraction of sp³-hybridized carbons (Fsp3) is 0.636. The van der Waals surface area contributed by atoms with Crippen LogP contribution in [-0.2, 0) is 9.47 Å². The number of aliphatic hydroxyl groups is 2. The standard InChI is InChI=1S/C11H21NO4/c1-4-10(15-8-6-13)12(3)11(5-2)16-9-7-14/h4-5,10-11,13-14H,1-2,6-9H2,3H3. The molecule has 94 valence electrons. The second kappa shape index (κ2) is 9.50. The summed E-state index contributed by atoms with van der Waals surface area (Å²) >= 11 is 0. The van der Waals surface area contributed by atoms with Crippen molar-refractivity contribution >= 4 is 0 Å². The predicted molar refractivity (Wildman–Crippen MR) is 61.8 cm³/mol. The molecule has 2 unspecified atom stereocenters. The first-order valence-electron chi connectivity index (χ1n) is 5.13. The van der Waals surface area contributed by atoms with Crippen molar-refractivity contribution < 1.29 is 19.7 Å². The first-order chi connectivity index (χ1) is 7.71. The molecular weight excluding hydrogens is 210 g/mol. The zero-order valence-electron chi connectivity index (χ0n) is 9.71. The maximum absolute atomic E-state index is 8.67. The number of nitrogens with zero attached hydrogens (tertiary/aromatic N) is 1. The zero-order valence-corrected chi connectivity index (χ0v) is 9.71. The number of ether oxygens (including phenoxy) is 2. The largest absolute Gasteiger partial charge is 0.394 e. The third-order valence-electron chi connectivity index (χ3n) is 1.97. The van der Waals surface area contributed by atoms with Crippen LogP contribution >= 0.6 is 0 Å². The van der Waals surface area contributed by atoms with Crippen LogP contribution in [0.25, 0.3) is 0 Å². The van der Waals surface area contributed by atoms with Gasteiger partial charge in [0, 0.05) is 0 Å². The van der Waals surface area contributed by atoms with Gasteiger partial charge in [-0.1, -0.05) is 13.2 Å². The highest BCUT2D eigenvalue weighted by Crippen LogP contribution is 2.08. The van der Waals surface area contributed by atoms with Crippen LogP contribution in [0.2, 0.25) is 0 Å². The Morgan fingerprint density at radius 2 is 1.44 bits per heavy atom. The zero-order chi connectivity index (χ0) is 12.4. The minimum Gasteiger partial charge on any atom is -0.394 e. The van der Waals surface area contributed by atoms with Gasteiger partial charge in [0.1, 0.15) is 12.5 Å². The number of hydrogen-bond donors (Lipinski definition) is 2. The molecule has 16 heavy (non-hydrogen) atoms. The van der Waals surface area contributed by atoms with E-state index in [9.17, 15) is 0 Å². The van der Waals surface area contributed by atoms with Crippen molar-refractivity contribution in [3.63, 3.8) is 0 Å². The van der Waals surface area contributed by atoms with Crippen molar-refractivity contribution in [2.24, 2.45) is 0 Å². The van der Waals surface area contributed by atoms with Crippen LogP contribution in [0.5, 0.6) is 0 Å². The van der Waals surface area contributed by atoms with Crippen LogP contribution in [0.4, 0.5) is 0 Å². The van der Waals surface area contributed by atoms with Gasteiger partial charge in [-0.05, 0) is 19.2 Å². The lowest BCUT2D eigenvalue weighted by Gasteiger charge is -2.30. The molecule has 0 saturated carbocycles. The van der Waals surface area contributed by atoms with Crippen LogP contribution in [0.1, 0.15) is 0 Å². The molecule has 0 amide bonds. The molecule has 0 aromatic heterocycles. The number of rotatable bonds is 10. The number of aliphatic hydroxyl groups excluding tert-OH is 2. The Labute approximate surface area is 96.6 Å². The summed E-state index contributed by atoms with van der Waals surface area (Å²) in [5, 5.41) is 17.3. The lowest BCUT2D eigenvalue weighted by molar-refractivity contribution is -0.111. The molecule has 5 nitrogen and oxygen atoms in total. The van der Waals surface area contributed by atoms with Gasteiger partial charge in [0.15, 0.2) is 0 Å². The van der Waals surface area contributed by atoms with E-state index < -0.39 is 0 Å². The van der Waals surface area contributed by atoms with E-state index in [2.05, 4.69) is 13.2 Å². The lowest BCUT2D eigenvalue weighted by atomic mass is 10.4. The minimum absolute atomic E-state index is 0.0472. The first kappa shape index (κ1) is 15.3. The smallest absolute Gasteiger partial charge is 0.131 e. The highest BCUT2D eigenvalue weighted by Gasteiger charge is 2.19. The Hall–Kier alpha value is -0.720. The second-order valence-corrected chi connectivity index (χ2v) is 3.11. The summed E-state index contributed by atoms with van der Waals surface area (Å²) in [4.78, 5) is 1.76. The molecule has 2 atom stereocenters. The van der Waals surface area contributed by atoms with Crippen molar-refractivity contribution in [1.29, 1.82) is 0 Å². The van der Waals surface area contributed by atoms with Gasteiger partial charge in [0.2, 0.25) is 0 Å². The van der Waals surface area contributed by atoms with Gasteiger partial charge in [-0.2, -0.15) is 0 Å². The number of likely N-dealkylation sites (N-methyl/N-ethyl adjacent to an activating group) is 1. The summed E-state index contributed by atoms with van der Waals surface area (Å²) in [5.74, 6) is 0. The van der Waals surface area contributed by atoms with Gasteiger partial charge in [0.25, 0.3) is 0 Å². The Kier molecular flexibility index (Phi) is 9.07. The molecule has 0 heterocycles. The fourth-order valence-corrected chi connectivity index (χ4v) is 1.20. The molecule has 5 heteroatoms. The first-order valence-corrected chi connectivity index (χ1v) is 5.13. The SMILES string of the molecule is C=CC(OCCO)N(C)C(C=C)OCCO. The van der Waals surface area contributed by atoms with Crippen LogP contribution in [0, 0.1) is 0 Å². The molecule has 0 aliphatic rings. The van der Waals surface area contributed by atoms with Crippen molar-refractivity contribution in [3.05, 3.63) is 25.3 Å². The summed E-state index contributed by atoms with van der Waals surface area (Å²) in [6.07, 6.45) is 2.48. The van der Waals surface area contributed by atoms with Crippen LogP contribution < -0.4 is 0 Å². The molecular formula is C11H21NO4. The van der Waals surface area contributed by atoms with E-state index in [1.165, 1.54) is 0 Å². The monoisotopic (exact) mass is 231 g/mol. The van der Waals surface area contributed by atoms with Gasteiger partial charge >= 0.3 is 0 Å². The molecule has 2 N–H and O–H groups in total. The molecule has 0 aliphatic heterocycles. The van der Waals surface area contributed by atoms with E-state index >= 15 is 0 Å². The Morgan fingerprint density at radius 1 is 1.06 bits per heavy atom. The summed E-state index contributed by atoms with van der Waals surface area (Å²) in [7, 11) is 1.79. The van der Waals surface area contributed by atoms with Crippen molar-refractivity contribution in [1.82, 2.24) is 4.90 Å². The van der Waals surface area contributed by atoms with E-state index in [4.69, 9.17) is 19.7 Å². The molecule has 0 radical (unpaired) electrons. The van der Waals surface area contributed by atoms with Crippen molar-refractivity contribution in [2.75, 3.05) is 33.5 Å². The van der Waals surface area contributed by atoms with Crippen LogP contribution in [0.3, 0.4) is 0 Å². The van der Waals surface area contributed by atoms with Crippen LogP contribution in [0.15, 0.2) is 25.3 Å². The Balaban J connectivity index is 4.25. The average Bonchev–Trinajstić information content (AvgIpc) is 2.31. The van der Waals surface area contributed by atoms with Gasteiger partial charge in [-0.15, -0.1) is 0 Å². The highest BCUT2D eigenvalue weighted by molar-refractivity contribution is 4.87. The molecule has 0 spiro atoms. The lowest BCUT2D eigenvalue weighted by Crippen LogP contribution is -2.42. The summed E-state index contributed by atoms with van der Waals surface area (Å²) in [6, 6.07) is 0. The Bertz CT molecular complexity index is 178. The summed E-state index contributed by atoms with van der Waals surface area (Å²) in [5.41, 5.74) is 0. The van der Waals surface area contributed by atoms with E-state index in [1.54, 1.807) is 24.1 Å². The third kappa shape index (κ3) is 5.39. The third-order valence-corrected chi connectivity index (χ3v) is 1.97. The van der Waals surface area contributed by atoms with Crippen molar-refractivity contribution in [3.8, 4) is 0 Å². The van der Waals surface area contributed by atoms with E-state index in [-0.39, 0.29) is 38.9 Å². The molecule has 0 saturated heterocycles. The van der Waals surface area contributed by atoms with Crippen LogP contribution in [-0.4, -0.2) is 61.0 Å². The van der Waals surface area contributed by atoms with E-state index in [1.807, 2.05) is 0 Å². The predicted octanol–water partition coefficient (Wildman–Crippen LogP) is -0.0398. The van der Waals surface area contributed by atoms with E-state index in [0.717, 1.165) is 0 Å². The van der Waals surface area contributed by atoms with Gasteiger partial charge in [-0.25, -0.2) is 4.90 Å². The topological polar surface area (TPSA) is 62.2 Å². The quantitative estimate of drug-likeness (QED) is 0.408. The molecule has 0 aromatic rings. The molecule has 0 bridgehead atoms. The van der Waals surface area contributed by atoms with Gasteiger partial charge in [-0.3, -0.25) is 0 Å². The molecule has 0 fully saturated rings. The summed E-state index contributed by atoms with van der Waals surface area (Å²) < 4.78 is 10.7. The maximum atomic E-state index is 8.67. The second-order valence-electron chi connectivity index (χ2n) is 3.11. The summed E-state index contributed by atoms with van der Waals surface area (Å²) in [6.45, 7) is 7.65. The minimum atomic E-state index is -0.367. The van der Waals surface area contributed by atoms with Crippen molar-refractivity contribution in [2.45, 2.75) is 12.5 Å². The molecule has 0 aliphatic carbocycles. The fourth-order valence-electron chi connectivity index (χ4n) is 1.20. The number of hydrogen-bond acceptors (Lipinski definition) is 5. The molecule has 0 aromatic carbocycles. The van der Waals surface area contributed by atoms with Gasteiger partial charge < -0.3 is 19.7 Å². The maximum Gasteiger partial charge on any atom is 0.131 e. The highest BCUT2D eigenvalue weighted by atomic mass is 16.5. The Morgan fingerprint density at radius 3 is 1.69 bits per heavy atom. The normalized spacial score (nSPS) is 14.8. The van der Waals surface area contributed by atoms with E-state index in [0.29, 0.717) is 0 Å². The molecule has 0 rings (SSSR count). The average molecular weight is 231 g/mol.